The molecular weight excluding hydrogens is 1220 g/mol. The van der Waals surface area contributed by atoms with Gasteiger partial charge in [-0.1, -0.05) is 238 Å². The van der Waals surface area contributed by atoms with Crippen molar-refractivity contribution in [2.75, 3.05) is 26.4 Å². The topological polar surface area (TPSA) is 373 Å². The van der Waals surface area contributed by atoms with Gasteiger partial charge in [0, 0.05) is 19.8 Å². The van der Waals surface area contributed by atoms with Gasteiger partial charge in [-0.3, -0.25) is 9.59 Å². The van der Waals surface area contributed by atoms with Crippen LogP contribution in [0.4, 0.5) is 0 Å². The number of carbonyl (C=O) groups excluding carboxylic acids is 2. The van der Waals surface area contributed by atoms with E-state index >= 15 is 0 Å². The second-order valence-electron chi connectivity index (χ2n) is 27.2. The Morgan fingerprint density at radius 1 is 0.543 bits per heavy atom. The van der Waals surface area contributed by atoms with Crippen LogP contribution in [0, 0.1) is 0 Å². The molecule has 0 radical (unpaired) electrons. The number of allylic oxidation sites excluding steroid dienone is 2. The molecule has 0 bridgehead atoms. The van der Waals surface area contributed by atoms with Crippen molar-refractivity contribution in [3.63, 3.8) is 0 Å². The van der Waals surface area contributed by atoms with Crippen molar-refractivity contribution in [1.82, 2.24) is 10.6 Å². The van der Waals surface area contributed by atoms with Crippen molar-refractivity contribution in [3.05, 3.63) is 12.2 Å². The molecule has 23 nitrogen and oxygen atoms in total. The fourth-order valence-corrected chi connectivity index (χ4v) is 13.1. The van der Waals surface area contributed by atoms with Gasteiger partial charge >= 0.3 is 5.97 Å². The number of aliphatic carboxylic acids is 1. The number of nitrogens with one attached hydrogen (secondary N) is 2. The van der Waals surface area contributed by atoms with Crippen LogP contribution in [0.1, 0.15) is 284 Å². The molecule has 2 amide bonds. The average molecular weight is 1350 g/mol. The van der Waals surface area contributed by atoms with E-state index in [9.17, 15) is 75.7 Å². The number of carboxylic acid groups (broad SMARTS) is 1. The van der Waals surface area contributed by atoms with Gasteiger partial charge in [-0.15, -0.1) is 0 Å². The first-order chi connectivity index (χ1) is 45.4. The third kappa shape index (κ3) is 33.1. The van der Waals surface area contributed by atoms with Crippen LogP contribution < -0.4 is 10.6 Å². The molecule has 3 aliphatic heterocycles. The van der Waals surface area contributed by atoms with Gasteiger partial charge < -0.3 is 100 Å². The zero-order valence-corrected chi connectivity index (χ0v) is 57.8. The van der Waals surface area contributed by atoms with E-state index in [0.717, 1.165) is 84.0 Å². The van der Waals surface area contributed by atoms with Gasteiger partial charge in [-0.25, -0.2) is 4.79 Å². The average Bonchev–Trinajstić information content (AvgIpc) is 0.762. The highest BCUT2D eigenvalue weighted by Gasteiger charge is 2.60. The van der Waals surface area contributed by atoms with Crippen molar-refractivity contribution < 1.29 is 104 Å². The minimum absolute atomic E-state index is 0.220. The molecule has 0 aliphatic carbocycles. The number of amides is 2. The van der Waals surface area contributed by atoms with Crippen molar-refractivity contribution in [3.8, 4) is 0 Å². The van der Waals surface area contributed by atoms with Crippen LogP contribution in [0.3, 0.4) is 0 Å². The van der Waals surface area contributed by atoms with Gasteiger partial charge in [0.05, 0.1) is 50.7 Å². The third-order valence-corrected chi connectivity index (χ3v) is 19.0. The molecule has 3 saturated heterocycles. The highest BCUT2D eigenvalue weighted by atomic mass is 16.8. The second-order valence-corrected chi connectivity index (χ2v) is 27.2. The molecule has 3 rings (SSSR count). The zero-order valence-electron chi connectivity index (χ0n) is 57.8. The molecule has 552 valence electrons. The summed E-state index contributed by atoms with van der Waals surface area (Å²) in [5, 5.41) is 136. The molecule has 18 atom stereocenters. The Morgan fingerprint density at radius 3 is 1.44 bits per heavy atom. The Kier molecular flexibility index (Phi) is 47.0. The Morgan fingerprint density at radius 2 is 0.989 bits per heavy atom. The van der Waals surface area contributed by atoms with E-state index in [1.54, 1.807) is 0 Å². The third-order valence-electron chi connectivity index (χ3n) is 19.0. The first kappa shape index (κ1) is 85.7. The Balaban J connectivity index is 1.57. The Hall–Kier alpha value is -2.53. The van der Waals surface area contributed by atoms with E-state index < -0.39 is 148 Å². The number of aliphatic hydroxyl groups is 11. The second kappa shape index (κ2) is 51.6. The molecule has 0 aromatic rings. The van der Waals surface area contributed by atoms with E-state index in [1.807, 2.05) is 0 Å². The lowest BCUT2D eigenvalue weighted by atomic mass is 9.88. The van der Waals surface area contributed by atoms with E-state index in [2.05, 4.69) is 36.6 Å². The normalized spacial score (nSPS) is 27.9. The molecule has 0 saturated carbocycles. The summed E-state index contributed by atoms with van der Waals surface area (Å²) in [7, 11) is 0. The van der Waals surface area contributed by atoms with Crippen molar-refractivity contribution in [2.24, 2.45) is 0 Å². The largest absolute Gasteiger partial charge is 0.477 e. The minimum atomic E-state index is -3.08. The Bertz CT molecular complexity index is 1940. The summed E-state index contributed by atoms with van der Waals surface area (Å²) in [5.74, 6) is -6.10. The molecule has 0 aromatic heterocycles. The van der Waals surface area contributed by atoms with Crippen LogP contribution in [0.25, 0.3) is 0 Å². The lowest BCUT2D eigenvalue weighted by molar-refractivity contribution is -0.386. The summed E-state index contributed by atoms with van der Waals surface area (Å²) in [6.07, 6.45) is 22.0. The SMILES string of the molecule is CCCCCCCCCCC/C=C\CCCCCCCCCC(=O)NC(COC1OC(CO)C(OC2OC(CO)C(O)C(OC3(C(=O)O)CC(O)C(NC(C)=O)C(C(O)C(O)CO)O3)C2O)C(O)C1O)C(O)CCCCCCCCCCCCCCCCCCCCCC. The van der Waals surface area contributed by atoms with Crippen molar-refractivity contribution >= 4 is 17.8 Å². The lowest BCUT2D eigenvalue weighted by Gasteiger charge is -2.50. The highest BCUT2D eigenvalue weighted by molar-refractivity contribution is 5.77. The molecular formula is C71H132N2O21. The van der Waals surface area contributed by atoms with Crippen LogP contribution >= 0.6 is 0 Å². The number of rotatable bonds is 57. The van der Waals surface area contributed by atoms with Gasteiger partial charge in [0.2, 0.25) is 11.8 Å². The molecule has 14 N–H and O–H groups in total. The quantitative estimate of drug-likeness (QED) is 0.0203. The molecule has 18 unspecified atom stereocenters. The number of ether oxygens (including phenoxy) is 6. The maximum absolute atomic E-state index is 13.5. The molecule has 3 fully saturated rings. The molecule has 3 aliphatic rings. The predicted molar refractivity (Wildman–Crippen MR) is 357 cm³/mol. The zero-order chi connectivity index (χ0) is 68.9. The van der Waals surface area contributed by atoms with Gasteiger partial charge in [0.15, 0.2) is 12.6 Å². The fraction of sp³-hybridized carbons (Fsp3) is 0.930. The van der Waals surface area contributed by atoms with Gasteiger partial charge in [0.1, 0.15) is 67.1 Å². The van der Waals surface area contributed by atoms with Crippen LogP contribution in [0.2, 0.25) is 0 Å². The first-order valence-electron chi connectivity index (χ1n) is 37.0. The molecule has 0 aromatic carbocycles. The van der Waals surface area contributed by atoms with E-state index in [0.29, 0.717) is 19.3 Å². The maximum atomic E-state index is 13.5. The van der Waals surface area contributed by atoms with Crippen LogP contribution in [-0.2, 0) is 42.8 Å². The van der Waals surface area contributed by atoms with Crippen molar-refractivity contribution in [2.45, 2.75) is 394 Å². The number of hydrogen-bond acceptors (Lipinski definition) is 20. The Labute approximate surface area is 562 Å². The molecule has 23 heteroatoms. The van der Waals surface area contributed by atoms with E-state index in [1.165, 1.54) is 154 Å². The number of unbranched alkanes of at least 4 members (excludes halogenated alkanes) is 35. The van der Waals surface area contributed by atoms with Gasteiger partial charge in [0.25, 0.3) is 5.79 Å². The summed E-state index contributed by atoms with van der Waals surface area (Å²) in [4.78, 5) is 38.6. The summed E-state index contributed by atoms with van der Waals surface area (Å²) in [6.45, 7) is 2.23. The number of hydrogen-bond donors (Lipinski definition) is 14. The molecule has 94 heavy (non-hydrogen) atoms. The van der Waals surface area contributed by atoms with Crippen LogP contribution in [0.5, 0.6) is 0 Å². The summed E-state index contributed by atoms with van der Waals surface area (Å²) in [6, 6.07) is -2.53. The smallest absolute Gasteiger partial charge is 0.364 e. The predicted octanol–water partition coefficient (Wildman–Crippen LogP) is 7.85. The molecule has 0 spiro atoms. The highest BCUT2D eigenvalue weighted by Crippen LogP contribution is 2.39. The van der Waals surface area contributed by atoms with Gasteiger partial charge in [-0.2, -0.15) is 0 Å². The van der Waals surface area contributed by atoms with Gasteiger partial charge in [-0.05, 0) is 38.5 Å². The van der Waals surface area contributed by atoms with Crippen LogP contribution in [-0.4, -0.2) is 215 Å². The maximum Gasteiger partial charge on any atom is 0.364 e. The number of carbonyl (C=O) groups is 3. The van der Waals surface area contributed by atoms with E-state index in [4.69, 9.17) is 28.4 Å². The standard InChI is InChI=1S/C71H132N2O21/c1-4-6-8-10-12-14-16-18-20-22-24-26-28-30-32-34-36-38-40-42-44-53(78)52(73-58(81)45-43-41-39-37-35-33-31-29-27-25-23-21-19-17-15-13-11-9-7-5-2)50-89-68-63(85)62(84)65(57(49-76)91-68)92-69-64(86)67(61(83)56(48-75)90-69)94-71(70(87)88)46-54(79)59(72-51(3)77)66(93-71)60(82)55(80)47-74/h25,27,52-57,59-69,74-76,78-80,82-86H,4-24,26,28-50H2,1-3H3,(H,72,77)(H,73,81)(H,87,88)/b27-25-. The lowest BCUT2D eigenvalue weighted by Crippen LogP contribution is -2.70. The summed E-state index contributed by atoms with van der Waals surface area (Å²) >= 11 is 0. The number of aliphatic hydroxyl groups excluding tert-OH is 11. The fourth-order valence-electron chi connectivity index (χ4n) is 13.1. The molecule has 3 heterocycles. The van der Waals surface area contributed by atoms with Crippen molar-refractivity contribution in [1.29, 1.82) is 0 Å². The number of carboxylic acids is 1. The summed E-state index contributed by atoms with van der Waals surface area (Å²) in [5.41, 5.74) is 0. The minimum Gasteiger partial charge on any atom is -0.477 e. The summed E-state index contributed by atoms with van der Waals surface area (Å²) < 4.78 is 34.9. The van der Waals surface area contributed by atoms with Crippen LogP contribution in [0.15, 0.2) is 12.2 Å². The first-order valence-corrected chi connectivity index (χ1v) is 37.0. The van der Waals surface area contributed by atoms with E-state index in [-0.39, 0.29) is 18.9 Å². The monoisotopic (exact) mass is 1350 g/mol.